The Kier molecular flexibility index (Phi) is 3.53. The highest BCUT2D eigenvalue weighted by atomic mass is 32.1. The molecule has 1 aromatic carbocycles. The van der Waals surface area contributed by atoms with Gasteiger partial charge in [0.15, 0.2) is 0 Å². The Morgan fingerprint density at radius 3 is 3.00 bits per heavy atom. The molecule has 0 saturated carbocycles. The third-order valence-electron chi connectivity index (χ3n) is 3.57. The van der Waals surface area contributed by atoms with Gasteiger partial charge in [-0.25, -0.2) is 4.98 Å². The molecule has 0 aliphatic carbocycles. The zero-order chi connectivity index (χ0) is 13.2. The lowest BCUT2D eigenvalue weighted by Crippen LogP contribution is -2.12. The van der Waals surface area contributed by atoms with Crippen molar-refractivity contribution in [2.24, 2.45) is 0 Å². The van der Waals surface area contributed by atoms with Crippen molar-refractivity contribution in [1.82, 2.24) is 10.3 Å². The van der Waals surface area contributed by atoms with Crippen molar-refractivity contribution >= 4 is 11.3 Å². The molecule has 1 aromatic heterocycles. The molecule has 100 valence electrons. The molecule has 1 N–H and O–H groups in total. The number of hydrogen-bond acceptors (Lipinski definition) is 4. The van der Waals surface area contributed by atoms with Crippen LogP contribution in [-0.2, 0) is 0 Å². The number of nitrogens with one attached hydrogen (secondary N) is 1. The second-order valence-corrected chi connectivity index (χ2v) is 5.79. The van der Waals surface area contributed by atoms with Gasteiger partial charge in [0, 0.05) is 10.9 Å². The lowest BCUT2D eigenvalue weighted by molar-refractivity contribution is 0.412. The summed E-state index contributed by atoms with van der Waals surface area (Å²) in [6.07, 6.45) is 2.45. The average molecular weight is 274 g/mol. The summed E-state index contributed by atoms with van der Waals surface area (Å²) in [5.74, 6) is 0.927. The van der Waals surface area contributed by atoms with Crippen LogP contribution in [0.1, 0.15) is 29.5 Å². The zero-order valence-corrected chi connectivity index (χ0v) is 12.1. The number of aryl methyl sites for hydroxylation is 1. The van der Waals surface area contributed by atoms with E-state index in [9.17, 15) is 0 Å². The van der Waals surface area contributed by atoms with E-state index in [0.717, 1.165) is 23.6 Å². The maximum Gasteiger partial charge on any atom is 0.121 e. The maximum absolute atomic E-state index is 5.29. The minimum Gasteiger partial charge on any atom is -0.496 e. The Labute approximate surface area is 117 Å². The fourth-order valence-electron chi connectivity index (χ4n) is 2.51. The summed E-state index contributed by atoms with van der Waals surface area (Å²) in [4.78, 5) is 4.77. The van der Waals surface area contributed by atoms with Gasteiger partial charge in [0.1, 0.15) is 10.8 Å². The summed E-state index contributed by atoms with van der Waals surface area (Å²) in [6, 6.07) is 6.68. The highest BCUT2D eigenvalue weighted by Crippen LogP contribution is 2.31. The van der Waals surface area contributed by atoms with Gasteiger partial charge in [0.25, 0.3) is 0 Å². The summed E-state index contributed by atoms with van der Waals surface area (Å²) < 4.78 is 5.29. The summed E-state index contributed by atoms with van der Waals surface area (Å²) in [5, 5.41) is 6.85. The second-order valence-electron chi connectivity index (χ2n) is 4.90. The predicted molar refractivity (Wildman–Crippen MR) is 78.8 cm³/mol. The van der Waals surface area contributed by atoms with Crippen molar-refractivity contribution in [2.45, 2.75) is 25.8 Å². The summed E-state index contributed by atoms with van der Waals surface area (Å²) >= 11 is 1.75. The van der Waals surface area contributed by atoms with Gasteiger partial charge in [-0.15, -0.1) is 11.3 Å². The fraction of sp³-hybridized carbons (Fsp3) is 0.400. The van der Waals surface area contributed by atoms with Crippen LogP contribution in [0.5, 0.6) is 5.75 Å². The van der Waals surface area contributed by atoms with Crippen molar-refractivity contribution in [3.05, 3.63) is 34.2 Å². The van der Waals surface area contributed by atoms with E-state index in [4.69, 9.17) is 9.72 Å². The number of hydrogen-bond donors (Lipinski definition) is 1. The molecule has 1 fully saturated rings. The third kappa shape index (κ3) is 2.51. The molecule has 2 heterocycles. The van der Waals surface area contributed by atoms with E-state index >= 15 is 0 Å². The van der Waals surface area contributed by atoms with E-state index in [2.05, 4.69) is 29.8 Å². The monoisotopic (exact) mass is 274 g/mol. The number of nitrogens with zero attached hydrogens (tertiary/aromatic N) is 1. The van der Waals surface area contributed by atoms with Crippen LogP contribution in [0.2, 0.25) is 0 Å². The van der Waals surface area contributed by atoms with Crippen molar-refractivity contribution in [3.8, 4) is 17.0 Å². The van der Waals surface area contributed by atoms with Gasteiger partial charge >= 0.3 is 0 Å². The first-order valence-electron chi connectivity index (χ1n) is 6.62. The number of methoxy groups -OCH3 is 1. The molecule has 0 spiro atoms. The standard InChI is InChI=1S/C15H18N2OS/c1-10-8-11(5-6-14(10)18-2)13-9-19-15(17-13)12-4-3-7-16-12/h5-6,8-9,12,16H,3-4,7H2,1-2H3. The quantitative estimate of drug-likeness (QED) is 0.929. The molecule has 1 saturated heterocycles. The first-order chi connectivity index (χ1) is 9.28. The lowest BCUT2D eigenvalue weighted by atomic mass is 10.1. The van der Waals surface area contributed by atoms with Crippen LogP contribution in [-0.4, -0.2) is 18.6 Å². The van der Waals surface area contributed by atoms with Gasteiger partial charge in [-0.3, -0.25) is 0 Å². The van der Waals surface area contributed by atoms with E-state index in [1.807, 2.05) is 6.07 Å². The van der Waals surface area contributed by atoms with Crippen molar-refractivity contribution < 1.29 is 4.74 Å². The molecule has 1 unspecified atom stereocenters. The molecule has 0 amide bonds. The van der Waals surface area contributed by atoms with Crippen LogP contribution >= 0.6 is 11.3 Å². The Hall–Kier alpha value is -1.39. The highest BCUT2D eigenvalue weighted by molar-refractivity contribution is 7.10. The molecule has 1 aliphatic heterocycles. The van der Waals surface area contributed by atoms with E-state index in [1.165, 1.54) is 23.4 Å². The first kappa shape index (κ1) is 12.6. The molecular formula is C15H18N2OS. The van der Waals surface area contributed by atoms with Crippen molar-refractivity contribution in [2.75, 3.05) is 13.7 Å². The second kappa shape index (κ2) is 5.31. The molecule has 1 atom stereocenters. The van der Waals surface area contributed by atoms with Gasteiger partial charge in [-0.1, -0.05) is 0 Å². The summed E-state index contributed by atoms with van der Waals surface area (Å²) in [7, 11) is 1.70. The van der Waals surface area contributed by atoms with Gasteiger partial charge in [-0.05, 0) is 50.1 Å². The highest BCUT2D eigenvalue weighted by Gasteiger charge is 2.19. The predicted octanol–water partition coefficient (Wildman–Crippen LogP) is 3.55. The molecule has 2 aromatic rings. The summed E-state index contributed by atoms with van der Waals surface area (Å²) in [5.41, 5.74) is 3.38. The molecule has 0 radical (unpaired) electrons. The normalized spacial score (nSPS) is 18.7. The van der Waals surface area contributed by atoms with Crippen molar-refractivity contribution in [1.29, 1.82) is 0 Å². The van der Waals surface area contributed by atoms with Crippen molar-refractivity contribution in [3.63, 3.8) is 0 Å². The van der Waals surface area contributed by atoms with E-state index in [0.29, 0.717) is 6.04 Å². The van der Waals surface area contributed by atoms with Gasteiger partial charge in [0.05, 0.1) is 18.8 Å². The van der Waals surface area contributed by atoms with Gasteiger partial charge < -0.3 is 10.1 Å². The molecular weight excluding hydrogens is 256 g/mol. The van der Waals surface area contributed by atoms with Crippen LogP contribution in [0.25, 0.3) is 11.3 Å². The molecule has 1 aliphatic rings. The number of thiazole rings is 1. The largest absolute Gasteiger partial charge is 0.496 e. The first-order valence-corrected chi connectivity index (χ1v) is 7.49. The van der Waals surface area contributed by atoms with E-state index in [1.54, 1.807) is 18.4 Å². The maximum atomic E-state index is 5.29. The number of benzene rings is 1. The Bertz CT molecular complexity index is 573. The van der Waals surface area contributed by atoms with Crippen LogP contribution in [0.4, 0.5) is 0 Å². The molecule has 19 heavy (non-hydrogen) atoms. The molecule has 3 nitrogen and oxygen atoms in total. The topological polar surface area (TPSA) is 34.1 Å². The number of ether oxygens (including phenoxy) is 1. The van der Waals surface area contributed by atoms with E-state index in [-0.39, 0.29) is 0 Å². The lowest BCUT2D eigenvalue weighted by Gasteiger charge is -2.06. The summed E-state index contributed by atoms with van der Waals surface area (Å²) in [6.45, 7) is 3.18. The van der Waals surface area contributed by atoms with Crippen LogP contribution in [0, 0.1) is 6.92 Å². The SMILES string of the molecule is COc1ccc(-c2csc(C3CCCN3)n2)cc1C. The zero-order valence-electron chi connectivity index (χ0n) is 11.3. The van der Waals surface area contributed by atoms with Crippen LogP contribution in [0.3, 0.4) is 0 Å². The third-order valence-corrected chi connectivity index (χ3v) is 4.53. The minimum atomic E-state index is 0.457. The van der Waals surface area contributed by atoms with Gasteiger partial charge in [-0.2, -0.15) is 0 Å². The van der Waals surface area contributed by atoms with Crippen LogP contribution < -0.4 is 10.1 Å². The average Bonchev–Trinajstić information content (AvgIpc) is 3.09. The number of aromatic nitrogens is 1. The smallest absolute Gasteiger partial charge is 0.121 e. The Morgan fingerprint density at radius 2 is 2.32 bits per heavy atom. The Morgan fingerprint density at radius 1 is 1.42 bits per heavy atom. The molecule has 3 rings (SSSR count). The van der Waals surface area contributed by atoms with Crippen LogP contribution in [0.15, 0.2) is 23.6 Å². The van der Waals surface area contributed by atoms with E-state index < -0.39 is 0 Å². The molecule has 0 bridgehead atoms. The fourth-order valence-corrected chi connectivity index (χ4v) is 3.45. The molecule has 4 heteroatoms. The number of rotatable bonds is 3. The van der Waals surface area contributed by atoms with Gasteiger partial charge in [0.2, 0.25) is 0 Å². The minimum absolute atomic E-state index is 0.457. The Balaban J connectivity index is 1.87.